The fourth-order valence-corrected chi connectivity index (χ4v) is 4.19. The smallest absolute Gasteiger partial charge is 0.277 e. The molecular weight excluding hydrogens is 452 g/mol. The van der Waals surface area contributed by atoms with E-state index in [0.717, 1.165) is 36.0 Å². The topological polar surface area (TPSA) is 75.7 Å². The summed E-state index contributed by atoms with van der Waals surface area (Å²) in [7, 11) is 1.57. The molecule has 0 radical (unpaired) electrons. The van der Waals surface area contributed by atoms with E-state index in [2.05, 4.69) is 36.5 Å². The van der Waals surface area contributed by atoms with Crippen molar-refractivity contribution in [3.63, 3.8) is 0 Å². The van der Waals surface area contributed by atoms with Gasteiger partial charge in [0.2, 0.25) is 6.41 Å². The van der Waals surface area contributed by atoms with Crippen LogP contribution in [0.1, 0.15) is 50.2 Å². The normalized spacial score (nSPS) is 11.5. The largest absolute Gasteiger partial charge is 0.359 e. The van der Waals surface area contributed by atoms with Crippen LogP contribution in [0.2, 0.25) is 0 Å². The summed E-state index contributed by atoms with van der Waals surface area (Å²) >= 11 is 0. The summed E-state index contributed by atoms with van der Waals surface area (Å²) < 4.78 is 0. The van der Waals surface area contributed by atoms with E-state index in [0.29, 0.717) is 37.0 Å². The molecule has 0 bridgehead atoms. The molecule has 0 spiro atoms. The van der Waals surface area contributed by atoms with Gasteiger partial charge in [-0.25, -0.2) is 5.06 Å². The van der Waals surface area contributed by atoms with Gasteiger partial charge in [0.1, 0.15) is 0 Å². The maximum Gasteiger partial charge on any atom is 0.277 e. The number of benzene rings is 3. The third-order valence-corrected chi connectivity index (χ3v) is 6.28. The van der Waals surface area contributed by atoms with Crippen molar-refractivity contribution in [2.24, 2.45) is 5.92 Å². The van der Waals surface area contributed by atoms with Crippen molar-refractivity contribution in [2.75, 3.05) is 20.2 Å². The van der Waals surface area contributed by atoms with Crippen molar-refractivity contribution in [3.8, 4) is 11.1 Å². The van der Waals surface area contributed by atoms with E-state index in [-0.39, 0.29) is 11.8 Å². The number of hydrogen-bond acceptors (Lipinski definition) is 4. The van der Waals surface area contributed by atoms with Crippen molar-refractivity contribution < 1.29 is 19.2 Å². The second kappa shape index (κ2) is 13.4. The molecule has 1 unspecified atom stereocenters. The van der Waals surface area contributed by atoms with Crippen LogP contribution < -0.4 is 5.32 Å². The Hall–Kier alpha value is -3.77. The predicted molar refractivity (Wildman–Crippen MR) is 142 cm³/mol. The third-order valence-electron chi connectivity index (χ3n) is 6.28. The Labute approximate surface area is 213 Å². The predicted octanol–water partition coefficient (Wildman–Crippen LogP) is 5.17. The summed E-state index contributed by atoms with van der Waals surface area (Å²) in [4.78, 5) is 41.3. The zero-order chi connectivity index (χ0) is 25.9. The maximum absolute atomic E-state index is 13.2. The van der Waals surface area contributed by atoms with Crippen molar-refractivity contribution in [1.29, 1.82) is 0 Å². The maximum atomic E-state index is 13.2. The minimum atomic E-state index is -0.371. The van der Waals surface area contributed by atoms with Crippen LogP contribution in [-0.2, 0) is 16.1 Å². The highest BCUT2D eigenvalue weighted by Crippen LogP contribution is 2.24. The molecule has 1 N–H and O–H groups in total. The average Bonchev–Trinajstić information content (AvgIpc) is 2.89. The molecule has 0 heterocycles. The highest BCUT2D eigenvalue weighted by molar-refractivity contribution is 6.02. The number of aryl methyl sites for hydroxylation is 2. The van der Waals surface area contributed by atoms with Crippen molar-refractivity contribution in [2.45, 2.75) is 33.1 Å². The van der Waals surface area contributed by atoms with Crippen LogP contribution in [0.3, 0.4) is 0 Å². The van der Waals surface area contributed by atoms with Crippen molar-refractivity contribution in [3.05, 3.63) is 94.5 Å². The third kappa shape index (κ3) is 7.62. The van der Waals surface area contributed by atoms with Crippen LogP contribution in [0.5, 0.6) is 0 Å². The molecule has 0 aliphatic rings. The SMILES string of the molecule is Cc1ccc(CC(CCNC=O)CCON(C)C(=O)c2cc(-c3cccc(C)c3)ccc2C=O)cc1. The molecule has 0 saturated carbocycles. The van der Waals surface area contributed by atoms with E-state index in [1.165, 1.54) is 16.2 Å². The zero-order valence-electron chi connectivity index (χ0n) is 21.2. The second-order valence-corrected chi connectivity index (χ2v) is 9.13. The number of hydroxylamine groups is 2. The average molecular weight is 487 g/mol. The molecule has 3 rings (SSSR count). The zero-order valence-corrected chi connectivity index (χ0v) is 21.2. The van der Waals surface area contributed by atoms with E-state index in [4.69, 9.17) is 4.84 Å². The summed E-state index contributed by atoms with van der Waals surface area (Å²) in [6.45, 7) is 5.00. The van der Waals surface area contributed by atoms with E-state index >= 15 is 0 Å². The molecule has 0 fully saturated rings. The first-order chi connectivity index (χ1) is 17.4. The van der Waals surface area contributed by atoms with Gasteiger partial charge in [0.15, 0.2) is 6.29 Å². The molecule has 3 aromatic carbocycles. The number of rotatable bonds is 13. The van der Waals surface area contributed by atoms with Crippen LogP contribution in [0.15, 0.2) is 66.7 Å². The number of carbonyl (C=O) groups excluding carboxylic acids is 3. The fraction of sp³-hybridized carbons (Fsp3) is 0.300. The lowest BCUT2D eigenvalue weighted by atomic mass is 9.93. The molecule has 0 saturated heterocycles. The lowest BCUT2D eigenvalue weighted by Crippen LogP contribution is -2.29. The molecular formula is C30H34N2O4. The second-order valence-electron chi connectivity index (χ2n) is 9.13. The van der Waals surface area contributed by atoms with Gasteiger partial charge < -0.3 is 5.32 Å². The summed E-state index contributed by atoms with van der Waals surface area (Å²) in [5.41, 5.74) is 6.02. The molecule has 6 heteroatoms. The number of carbonyl (C=O) groups is 3. The number of aldehydes is 1. The monoisotopic (exact) mass is 486 g/mol. The molecule has 0 aromatic heterocycles. The first-order valence-electron chi connectivity index (χ1n) is 12.2. The van der Waals surface area contributed by atoms with Gasteiger partial charge >= 0.3 is 0 Å². The van der Waals surface area contributed by atoms with E-state index in [1.807, 2.05) is 37.3 Å². The van der Waals surface area contributed by atoms with Crippen LogP contribution in [0.4, 0.5) is 0 Å². The molecule has 188 valence electrons. The van der Waals surface area contributed by atoms with E-state index in [9.17, 15) is 14.4 Å². The molecule has 2 amide bonds. The van der Waals surface area contributed by atoms with Gasteiger partial charge in [0.05, 0.1) is 12.2 Å². The summed E-state index contributed by atoms with van der Waals surface area (Å²) in [6.07, 6.45) is 3.78. The number of nitrogens with zero attached hydrogens (tertiary/aromatic N) is 1. The van der Waals surface area contributed by atoms with Crippen molar-refractivity contribution >= 4 is 18.6 Å². The first-order valence-corrected chi connectivity index (χ1v) is 12.2. The molecule has 1 atom stereocenters. The summed E-state index contributed by atoms with van der Waals surface area (Å²) in [5.74, 6) is -0.0943. The van der Waals surface area contributed by atoms with Gasteiger partial charge in [-0.3, -0.25) is 19.2 Å². The minimum absolute atomic E-state index is 0.277. The molecule has 36 heavy (non-hydrogen) atoms. The summed E-state index contributed by atoms with van der Waals surface area (Å²) in [5, 5.41) is 3.93. The molecule has 6 nitrogen and oxygen atoms in total. The van der Waals surface area contributed by atoms with Crippen LogP contribution in [0, 0.1) is 19.8 Å². The standard InChI is InChI=1S/C30H34N2O4/c1-22-7-9-24(10-8-22)18-25(13-15-31-21-34)14-16-36-32(3)30(35)29-19-27(11-12-28(29)20-33)26-6-4-5-23(2)17-26/h4-12,17,19-21,25H,13-16,18H2,1-3H3,(H,31,34). The Morgan fingerprint density at radius 1 is 0.944 bits per heavy atom. The highest BCUT2D eigenvalue weighted by Gasteiger charge is 2.19. The first kappa shape index (κ1) is 26.8. The Morgan fingerprint density at radius 3 is 2.39 bits per heavy atom. The summed E-state index contributed by atoms with van der Waals surface area (Å²) in [6, 6.07) is 21.7. The van der Waals surface area contributed by atoms with Gasteiger partial charge in [-0.1, -0.05) is 71.8 Å². The number of hydrogen-bond donors (Lipinski definition) is 1. The lowest BCUT2D eigenvalue weighted by Gasteiger charge is -2.21. The lowest BCUT2D eigenvalue weighted by molar-refractivity contribution is -0.110. The Kier molecular flexibility index (Phi) is 9.95. The quantitative estimate of drug-likeness (QED) is 0.205. The molecule has 0 aliphatic heterocycles. The fourth-order valence-electron chi connectivity index (χ4n) is 4.19. The Morgan fingerprint density at radius 2 is 1.69 bits per heavy atom. The van der Waals surface area contributed by atoms with Gasteiger partial charge in [0, 0.05) is 19.2 Å². The van der Waals surface area contributed by atoms with E-state index < -0.39 is 0 Å². The number of amides is 2. The van der Waals surface area contributed by atoms with E-state index in [1.54, 1.807) is 19.2 Å². The molecule has 0 aliphatic carbocycles. The van der Waals surface area contributed by atoms with Crippen molar-refractivity contribution in [1.82, 2.24) is 10.4 Å². The Balaban J connectivity index is 1.65. The van der Waals surface area contributed by atoms with Crippen LogP contribution in [-0.4, -0.2) is 43.9 Å². The Bertz CT molecular complexity index is 1170. The van der Waals surface area contributed by atoms with Gasteiger partial charge in [-0.05, 0) is 61.8 Å². The van der Waals surface area contributed by atoms with Crippen LogP contribution in [0.25, 0.3) is 11.1 Å². The van der Waals surface area contributed by atoms with Gasteiger partial charge in [0.25, 0.3) is 5.91 Å². The van der Waals surface area contributed by atoms with Gasteiger partial charge in [-0.2, -0.15) is 0 Å². The highest BCUT2D eigenvalue weighted by atomic mass is 16.7. The number of nitrogens with one attached hydrogen (secondary N) is 1. The molecule has 3 aromatic rings. The van der Waals surface area contributed by atoms with Crippen LogP contribution >= 0.6 is 0 Å². The van der Waals surface area contributed by atoms with Gasteiger partial charge in [-0.15, -0.1) is 0 Å². The minimum Gasteiger partial charge on any atom is -0.359 e.